The third kappa shape index (κ3) is 3.64. The van der Waals surface area contributed by atoms with Crippen LogP contribution in [0.2, 0.25) is 0 Å². The maximum Gasteiger partial charge on any atom is 0.225 e. The lowest BCUT2D eigenvalue weighted by Crippen LogP contribution is -2.14. The van der Waals surface area contributed by atoms with Crippen LogP contribution < -0.4 is 10.5 Å². The number of hydrogen-bond donors (Lipinski definition) is 1. The predicted molar refractivity (Wildman–Crippen MR) is 79.7 cm³/mol. The number of hydrogen-bond acceptors (Lipinski definition) is 4. The average Bonchev–Trinajstić information content (AvgIpc) is 2.89. The Morgan fingerprint density at radius 1 is 1.39 bits per heavy atom. The van der Waals surface area contributed by atoms with E-state index in [9.17, 15) is 13.6 Å². The van der Waals surface area contributed by atoms with E-state index in [1.165, 1.54) is 17.9 Å². The summed E-state index contributed by atoms with van der Waals surface area (Å²) in [5, 5.41) is 4.17. The molecule has 0 atom stereocenters. The van der Waals surface area contributed by atoms with Gasteiger partial charge in [-0.3, -0.25) is 4.79 Å². The van der Waals surface area contributed by atoms with Gasteiger partial charge in [0, 0.05) is 6.54 Å². The van der Waals surface area contributed by atoms with Gasteiger partial charge in [-0.05, 0) is 18.6 Å². The molecule has 2 N–H and O–H groups in total. The lowest BCUT2D eigenvalue weighted by molar-refractivity contribution is -0.117. The van der Waals surface area contributed by atoms with Crippen molar-refractivity contribution in [3.8, 4) is 17.1 Å². The smallest absolute Gasteiger partial charge is 0.225 e. The van der Waals surface area contributed by atoms with Crippen LogP contribution in [0.3, 0.4) is 0 Å². The number of benzene rings is 1. The monoisotopic (exact) mass is 324 g/mol. The Bertz CT molecular complexity index is 716. The van der Waals surface area contributed by atoms with Crippen molar-refractivity contribution in [2.45, 2.75) is 32.7 Å². The molecule has 2 aromatic rings. The molecule has 0 saturated carbocycles. The number of nitrogens with zero attached hydrogens (tertiary/aromatic N) is 3. The number of ether oxygens (including phenoxy) is 1. The molecule has 0 aliphatic rings. The highest BCUT2D eigenvalue weighted by atomic mass is 19.2. The Balaban J connectivity index is 2.58. The van der Waals surface area contributed by atoms with Crippen molar-refractivity contribution in [2.75, 3.05) is 7.11 Å². The van der Waals surface area contributed by atoms with E-state index < -0.39 is 17.5 Å². The highest BCUT2D eigenvalue weighted by Crippen LogP contribution is 2.33. The molecule has 6 nitrogen and oxygen atoms in total. The summed E-state index contributed by atoms with van der Waals surface area (Å²) in [5.74, 6) is -2.27. The maximum absolute atomic E-state index is 14.3. The molecule has 0 radical (unpaired) electrons. The van der Waals surface area contributed by atoms with Crippen molar-refractivity contribution in [1.29, 1.82) is 0 Å². The Labute approximate surface area is 132 Å². The van der Waals surface area contributed by atoms with Crippen LogP contribution in [0.5, 0.6) is 5.75 Å². The van der Waals surface area contributed by atoms with Gasteiger partial charge in [0.2, 0.25) is 5.91 Å². The summed E-state index contributed by atoms with van der Waals surface area (Å²) in [7, 11) is 1.35. The predicted octanol–water partition coefficient (Wildman–Crippen LogP) is 2.06. The molecule has 1 aromatic carbocycles. The van der Waals surface area contributed by atoms with Crippen molar-refractivity contribution >= 4 is 5.91 Å². The molecule has 1 amide bonds. The van der Waals surface area contributed by atoms with E-state index in [1.54, 1.807) is 0 Å². The highest BCUT2D eigenvalue weighted by molar-refractivity contribution is 5.76. The van der Waals surface area contributed by atoms with Crippen LogP contribution in [0.25, 0.3) is 11.4 Å². The molecule has 2 rings (SSSR count). The quantitative estimate of drug-likeness (QED) is 0.845. The zero-order chi connectivity index (χ0) is 17.0. The SMILES string of the molecule is CCCCn1nc(CC(N)=O)nc1-c1c(OC)ccc(F)c1F. The molecule has 0 aliphatic carbocycles. The van der Waals surface area contributed by atoms with Gasteiger partial charge in [0.25, 0.3) is 0 Å². The first kappa shape index (κ1) is 16.9. The minimum absolute atomic E-state index is 0.114. The van der Waals surface area contributed by atoms with Crippen LogP contribution >= 0.6 is 0 Å². The number of carbonyl (C=O) groups excluding carboxylic acids is 1. The third-order valence-corrected chi connectivity index (χ3v) is 3.27. The summed E-state index contributed by atoms with van der Waals surface area (Å²) >= 11 is 0. The van der Waals surface area contributed by atoms with Crippen molar-refractivity contribution in [3.63, 3.8) is 0 Å². The lowest BCUT2D eigenvalue weighted by atomic mass is 10.1. The molecule has 0 spiro atoms. The maximum atomic E-state index is 14.3. The Morgan fingerprint density at radius 2 is 2.13 bits per heavy atom. The number of methoxy groups -OCH3 is 1. The van der Waals surface area contributed by atoms with Crippen molar-refractivity contribution < 1.29 is 18.3 Å². The van der Waals surface area contributed by atoms with Gasteiger partial charge < -0.3 is 10.5 Å². The van der Waals surface area contributed by atoms with Crippen LogP contribution in [0.15, 0.2) is 12.1 Å². The fraction of sp³-hybridized carbons (Fsp3) is 0.400. The Hall–Kier alpha value is -2.51. The summed E-state index contributed by atoms with van der Waals surface area (Å²) in [4.78, 5) is 15.2. The van der Waals surface area contributed by atoms with Crippen LogP contribution in [-0.4, -0.2) is 27.8 Å². The highest BCUT2D eigenvalue weighted by Gasteiger charge is 2.23. The first-order valence-corrected chi connectivity index (χ1v) is 7.22. The lowest BCUT2D eigenvalue weighted by Gasteiger charge is -2.11. The molecule has 0 bridgehead atoms. The molecular weight excluding hydrogens is 306 g/mol. The van der Waals surface area contributed by atoms with Gasteiger partial charge >= 0.3 is 0 Å². The number of nitrogens with two attached hydrogens (primary N) is 1. The van der Waals surface area contributed by atoms with E-state index in [1.807, 2.05) is 6.92 Å². The summed E-state index contributed by atoms with van der Waals surface area (Å²) in [5.41, 5.74) is 5.03. The fourth-order valence-electron chi connectivity index (χ4n) is 2.18. The first-order chi connectivity index (χ1) is 11.0. The second-order valence-corrected chi connectivity index (χ2v) is 5.01. The standard InChI is InChI=1S/C15H18F2N4O2/c1-3-4-7-21-15(19-12(20-21)8-11(18)22)13-10(23-2)6-5-9(16)14(13)17/h5-6H,3-4,7-8H2,1-2H3,(H2,18,22). The molecule has 8 heteroatoms. The number of rotatable bonds is 7. The average molecular weight is 324 g/mol. The van der Waals surface area contributed by atoms with E-state index in [4.69, 9.17) is 10.5 Å². The molecule has 0 unspecified atom stereocenters. The first-order valence-electron chi connectivity index (χ1n) is 7.22. The van der Waals surface area contributed by atoms with Gasteiger partial charge in [-0.1, -0.05) is 13.3 Å². The van der Waals surface area contributed by atoms with Gasteiger partial charge in [0.15, 0.2) is 23.3 Å². The second kappa shape index (κ2) is 7.17. The molecule has 23 heavy (non-hydrogen) atoms. The molecular formula is C15H18F2N4O2. The van der Waals surface area contributed by atoms with E-state index in [0.29, 0.717) is 6.54 Å². The molecule has 1 aromatic heterocycles. The minimum atomic E-state index is -1.07. The zero-order valence-corrected chi connectivity index (χ0v) is 13.0. The number of aryl methyl sites for hydroxylation is 1. The summed E-state index contributed by atoms with van der Waals surface area (Å²) in [6, 6.07) is 2.30. The van der Waals surface area contributed by atoms with E-state index in [-0.39, 0.29) is 29.4 Å². The molecule has 0 saturated heterocycles. The largest absolute Gasteiger partial charge is 0.496 e. The van der Waals surface area contributed by atoms with Crippen molar-refractivity contribution in [2.24, 2.45) is 5.73 Å². The second-order valence-electron chi connectivity index (χ2n) is 5.01. The number of unbranched alkanes of at least 4 members (excludes halogenated alkanes) is 1. The summed E-state index contributed by atoms with van der Waals surface area (Å²) in [6.45, 7) is 2.45. The van der Waals surface area contributed by atoms with E-state index in [2.05, 4.69) is 10.1 Å². The number of amides is 1. The zero-order valence-electron chi connectivity index (χ0n) is 13.0. The van der Waals surface area contributed by atoms with Crippen LogP contribution in [0, 0.1) is 11.6 Å². The van der Waals surface area contributed by atoms with Gasteiger partial charge in [0.05, 0.1) is 19.1 Å². The van der Waals surface area contributed by atoms with Crippen LogP contribution in [0.1, 0.15) is 25.6 Å². The topological polar surface area (TPSA) is 83.0 Å². The van der Waals surface area contributed by atoms with Crippen molar-refractivity contribution in [3.05, 3.63) is 29.6 Å². The number of carbonyl (C=O) groups is 1. The van der Waals surface area contributed by atoms with Gasteiger partial charge in [-0.15, -0.1) is 0 Å². The molecule has 124 valence electrons. The minimum Gasteiger partial charge on any atom is -0.496 e. The summed E-state index contributed by atoms with van der Waals surface area (Å²) < 4.78 is 34.5. The van der Waals surface area contributed by atoms with E-state index >= 15 is 0 Å². The van der Waals surface area contributed by atoms with Gasteiger partial charge in [-0.2, -0.15) is 5.10 Å². The van der Waals surface area contributed by atoms with Gasteiger partial charge in [0.1, 0.15) is 5.75 Å². The Morgan fingerprint density at radius 3 is 2.74 bits per heavy atom. The van der Waals surface area contributed by atoms with Crippen molar-refractivity contribution in [1.82, 2.24) is 14.8 Å². The summed E-state index contributed by atoms with van der Waals surface area (Å²) in [6.07, 6.45) is 1.48. The third-order valence-electron chi connectivity index (χ3n) is 3.27. The molecule has 1 heterocycles. The number of aromatic nitrogens is 3. The van der Waals surface area contributed by atoms with Crippen LogP contribution in [-0.2, 0) is 17.8 Å². The Kier molecular flexibility index (Phi) is 5.25. The molecule has 0 aliphatic heterocycles. The fourth-order valence-corrected chi connectivity index (χ4v) is 2.18. The number of primary amides is 1. The van der Waals surface area contributed by atoms with Gasteiger partial charge in [-0.25, -0.2) is 18.4 Å². The van der Waals surface area contributed by atoms with Crippen LogP contribution in [0.4, 0.5) is 8.78 Å². The number of halogens is 2. The normalized spacial score (nSPS) is 10.8. The van der Waals surface area contributed by atoms with E-state index in [0.717, 1.165) is 18.9 Å². The molecule has 0 fully saturated rings.